The second-order valence-corrected chi connectivity index (χ2v) is 7.26. The number of ether oxygens (including phenoxy) is 1. The first-order chi connectivity index (χ1) is 12.2. The van der Waals surface area contributed by atoms with E-state index in [-0.39, 0.29) is 12.1 Å². The lowest BCUT2D eigenvalue weighted by Crippen LogP contribution is -2.33. The Labute approximate surface area is 149 Å². The Hall–Kier alpha value is -1.91. The number of hydrogen-bond donors (Lipinski definition) is 0. The molecule has 0 aliphatic carbocycles. The molecule has 2 aliphatic heterocycles. The number of aromatic nitrogens is 1. The molecule has 0 radical (unpaired) electrons. The van der Waals surface area contributed by atoms with Gasteiger partial charge in [0.15, 0.2) is 0 Å². The summed E-state index contributed by atoms with van der Waals surface area (Å²) in [6, 6.07) is 9.00. The van der Waals surface area contributed by atoms with Crippen LogP contribution in [0.4, 0.5) is 0 Å². The van der Waals surface area contributed by atoms with Crippen LogP contribution in [-0.4, -0.2) is 36.5 Å². The van der Waals surface area contributed by atoms with Crippen LogP contribution in [0.2, 0.25) is 0 Å². The fraction of sp³-hybridized carbons (Fsp3) is 0.476. The van der Waals surface area contributed by atoms with Crippen LogP contribution in [0, 0.1) is 5.92 Å². The highest BCUT2D eigenvalue weighted by Crippen LogP contribution is 2.46. The molecule has 132 valence electrons. The maximum Gasteiger partial charge on any atom is 0.145 e. The molecule has 2 unspecified atom stereocenters. The van der Waals surface area contributed by atoms with Crippen molar-refractivity contribution in [2.75, 3.05) is 20.7 Å². The number of hydrogen-bond acceptors (Lipinski definition) is 3. The molecular formula is C21H26N2O2. The summed E-state index contributed by atoms with van der Waals surface area (Å²) in [4.78, 5) is 14.0. The van der Waals surface area contributed by atoms with E-state index in [0.29, 0.717) is 6.04 Å². The van der Waals surface area contributed by atoms with Crippen molar-refractivity contribution in [3.8, 4) is 0 Å². The van der Waals surface area contributed by atoms with E-state index < -0.39 is 0 Å². The smallest absolute Gasteiger partial charge is 0.145 e. The summed E-state index contributed by atoms with van der Waals surface area (Å²) >= 11 is 0. The second-order valence-electron chi connectivity index (χ2n) is 7.26. The number of fused-ring (bicyclic) bond motifs is 3. The van der Waals surface area contributed by atoms with Crippen LogP contribution in [-0.2, 0) is 16.0 Å². The zero-order valence-electron chi connectivity index (χ0n) is 15.2. The third-order valence-corrected chi connectivity index (χ3v) is 6.11. The second kappa shape index (κ2) is 6.43. The predicted molar refractivity (Wildman–Crippen MR) is 99.6 cm³/mol. The maximum atomic E-state index is 11.6. The number of benzene rings is 1. The fourth-order valence-corrected chi connectivity index (χ4v) is 4.82. The van der Waals surface area contributed by atoms with E-state index in [9.17, 15) is 4.79 Å². The summed E-state index contributed by atoms with van der Waals surface area (Å²) in [6.07, 6.45) is 5.83. The Kier molecular flexibility index (Phi) is 4.26. The lowest BCUT2D eigenvalue weighted by Gasteiger charge is -2.34. The normalized spacial score (nSPS) is 27.2. The number of nitrogens with zero attached hydrogens (tertiary/aromatic N) is 2. The Morgan fingerprint density at radius 3 is 2.80 bits per heavy atom. The molecular weight excluding hydrogens is 312 g/mol. The molecule has 4 heteroatoms. The molecule has 0 N–H and O–H groups in total. The van der Waals surface area contributed by atoms with E-state index >= 15 is 0 Å². The zero-order chi connectivity index (χ0) is 17.6. The highest BCUT2D eigenvalue weighted by atomic mass is 16.5. The average Bonchev–Trinajstić information content (AvgIpc) is 2.86. The van der Waals surface area contributed by atoms with Gasteiger partial charge in [-0.2, -0.15) is 0 Å². The van der Waals surface area contributed by atoms with Gasteiger partial charge in [-0.25, -0.2) is 0 Å². The minimum absolute atomic E-state index is 0.0370. The van der Waals surface area contributed by atoms with E-state index in [1.54, 1.807) is 7.11 Å². The molecule has 1 aromatic heterocycles. The van der Waals surface area contributed by atoms with E-state index in [4.69, 9.17) is 4.74 Å². The van der Waals surface area contributed by atoms with Crippen molar-refractivity contribution < 1.29 is 9.53 Å². The van der Waals surface area contributed by atoms with E-state index in [1.807, 2.05) is 13.0 Å². The van der Waals surface area contributed by atoms with E-state index in [1.165, 1.54) is 22.2 Å². The first-order valence-electron chi connectivity index (χ1n) is 9.15. The van der Waals surface area contributed by atoms with Crippen LogP contribution >= 0.6 is 0 Å². The molecule has 1 aromatic carbocycles. The van der Waals surface area contributed by atoms with Gasteiger partial charge in [0.1, 0.15) is 12.5 Å². The summed E-state index contributed by atoms with van der Waals surface area (Å²) in [5, 5.41) is 1.36. The third-order valence-electron chi connectivity index (χ3n) is 6.11. The molecule has 0 saturated heterocycles. The van der Waals surface area contributed by atoms with Crippen LogP contribution in [0.3, 0.4) is 0 Å². The van der Waals surface area contributed by atoms with E-state index in [0.717, 1.165) is 37.7 Å². The van der Waals surface area contributed by atoms with Crippen molar-refractivity contribution in [3.63, 3.8) is 0 Å². The van der Waals surface area contributed by atoms with Crippen molar-refractivity contribution in [2.24, 2.45) is 5.92 Å². The largest absolute Gasteiger partial charge is 0.361 e. The highest BCUT2D eigenvalue weighted by Gasteiger charge is 2.38. The van der Waals surface area contributed by atoms with Gasteiger partial charge in [-0.1, -0.05) is 24.3 Å². The lowest BCUT2D eigenvalue weighted by molar-refractivity contribution is -0.105. The van der Waals surface area contributed by atoms with Gasteiger partial charge in [0.2, 0.25) is 0 Å². The summed E-state index contributed by atoms with van der Waals surface area (Å²) < 4.78 is 8.35. The van der Waals surface area contributed by atoms with E-state index in [2.05, 4.69) is 40.8 Å². The standard InChI is InChI=1S/C21H26N2O2/c1-4-14(13-24)15-11-19-21-17(9-10-22(19)2)16-7-5-6-8-18(16)23(21)20(12-15)25-3/h4-8,13,15,19-20H,9-12H2,1-3H3/b14-4-/t15?,19-,20?/m0/s1. The Bertz CT molecular complexity index is 836. The lowest BCUT2D eigenvalue weighted by atomic mass is 9.86. The number of carbonyl (C=O) groups is 1. The van der Waals surface area contributed by atoms with Crippen LogP contribution in [0.1, 0.15) is 43.3 Å². The van der Waals surface area contributed by atoms with Gasteiger partial charge in [-0.05, 0) is 56.4 Å². The predicted octanol–water partition coefficient (Wildman–Crippen LogP) is 3.87. The first-order valence-corrected chi connectivity index (χ1v) is 9.15. The molecule has 0 fully saturated rings. The van der Waals surface area contributed by atoms with Crippen LogP contribution < -0.4 is 0 Å². The third kappa shape index (κ3) is 2.47. The number of rotatable bonds is 3. The van der Waals surface area contributed by atoms with Crippen LogP contribution in [0.25, 0.3) is 10.9 Å². The molecule has 25 heavy (non-hydrogen) atoms. The summed E-state index contributed by atoms with van der Waals surface area (Å²) in [5.41, 5.74) is 5.02. The number of likely N-dealkylation sites (N-methyl/N-ethyl adjacent to an activating group) is 1. The molecule has 2 aliphatic rings. The molecule has 3 atom stereocenters. The van der Waals surface area contributed by atoms with Gasteiger partial charge in [0.05, 0.1) is 11.6 Å². The number of allylic oxidation sites excluding steroid dienone is 2. The number of carbonyl (C=O) groups excluding carboxylic acids is 1. The summed E-state index contributed by atoms with van der Waals surface area (Å²) in [5.74, 6) is 0.226. The fourth-order valence-electron chi connectivity index (χ4n) is 4.82. The van der Waals surface area contributed by atoms with Gasteiger partial charge in [0.25, 0.3) is 0 Å². The number of methoxy groups -OCH3 is 1. The zero-order valence-corrected chi connectivity index (χ0v) is 15.2. The van der Waals surface area contributed by atoms with Crippen molar-refractivity contribution in [1.82, 2.24) is 9.47 Å². The molecule has 0 bridgehead atoms. The number of para-hydroxylation sites is 1. The summed E-state index contributed by atoms with van der Waals surface area (Å²) in [6.45, 7) is 3.02. The monoisotopic (exact) mass is 338 g/mol. The minimum atomic E-state index is -0.0370. The Morgan fingerprint density at radius 1 is 1.28 bits per heavy atom. The molecule has 2 aromatic rings. The SMILES string of the molecule is C/C=C(/C=O)C1CC(OC)n2c3c(c4ccccc42)CCN(C)[C@H]3C1. The average molecular weight is 338 g/mol. The van der Waals surface area contributed by atoms with Crippen molar-refractivity contribution in [2.45, 2.75) is 38.5 Å². The van der Waals surface area contributed by atoms with Gasteiger partial charge >= 0.3 is 0 Å². The van der Waals surface area contributed by atoms with Gasteiger partial charge in [-0.15, -0.1) is 0 Å². The Morgan fingerprint density at radius 2 is 2.08 bits per heavy atom. The molecule has 0 spiro atoms. The van der Waals surface area contributed by atoms with Crippen LogP contribution in [0.5, 0.6) is 0 Å². The van der Waals surface area contributed by atoms with Gasteiger partial charge in [-0.3, -0.25) is 9.69 Å². The van der Waals surface area contributed by atoms with Crippen molar-refractivity contribution >= 4 is 17.2 Å². The number of aldehydes is 1. The van der Waals surface area contributed by atoms with Crippen molar-refractivity contribution in [3.05, 3.63) is 47.2 Å². The molecule has 3 heterocycles. The quantitative estimate of drug-likeness (QED) is 0.629. The summed E-state index contributed by atoms with van der Waals surface area (Å²) in [7, 11) is 3.99. The first kappa shape index (κ1) is 16.6. The molecule has 0 amide bonds. The molecule has 4 rings (SSSR count). The minimum Gasteiger partial charge on any atom is -0.361 e. The van der Waals surface area contributed by atoms with Crippen molar-refractivity contribution in [1.29, 1.82) is 0 Å². The van der Waals surface area contributed by atoms with Gasteiger partial charge in [0, 0.05) is 24.7 Å². The topological polar surface area (TPSA) is 34.5 Å². The van der Waals surface area contributed by atoms with Crippen LogP contribution in [0.15, 0.2) is 35.9 Å². The molecule has 4 nitrogen and oxygen atoms in total. The molecule has 0 saturated carbocycles. The maximum absolute atomic E-state index is 11.6. The van der Waals surface area contributed by atoms with Gasteiger partial charge < -0.3 is 9.30 Å². The highest BCUT2D eigenvalue weighted by molar-refractivity contribution is 5.86. The Balaban J connectivity index is 1.94.